The largest absolute Gasteiger partial charge is 2.00 e. The van der Waals surface area contributed by atoms with Crippen molar-refractivity contribution in [3.05, 3.63) is 66.0 Å². The number of halogens is 1. The van der Waals surface area contributed by atoms with Crippen molar-refractivity contribution >= 4 is 11.3 Å². The minimum Gasteiger partial charge on any atom is -1.00 e. The van der Waals surface area contributed by atoms with E-state index < -0.39 is 0 Å². The monoisotopic (exact) mass is 436 g/mol. The van der Waals surface area contributed by atoms with Gasteiger partial charge in [-0.3, -0.25) is 11.3 Å². The summed E-state index contributed by atoms with van der Waals surface area (Å²) in [5.74, 6) is 0.936. The van der Waals surface area contributed by atoms with E-state index in [0.717, 1.165) is 18.8 Å². The molecule has 0 aliphatic carbocycles. The Morgan fingerprint density at radius 2 is 1.43 bits per heavy atom. The van der Waals surface area contributed by atoms with Crippen molar-refractivity contribution in [3.63, 3.8) is 0 Å². The van der Waals surface area contributed by atoms with E-state index in [1.165, 1.54) is 21.6 Å². The van der Waals surface area contributed by atoms with E-state index in [1.807, 2.05) is 18.2 Å². The third kappa shape index (κ3) is 5.27. The molecule has 0 radical (unpaired) electrons. The van der Waals surface area contributed by atoms with Crippen LogP contribution in [-0.4, -0.2) is 6.61 Å². The molecule has 0 aliphatic rings. The summed E-state index contributed by atoms with van der Waals surface area (Å²) in [6.07, 6.45) is 1.03. The summed E-state index contributed by atoms with van der Waals surface area (Å²) in [5, 5.41) is 3.13. The molecule has 0 saturated heterocycles. The van der Waals surface area contributed by atoms with Crippen LogP contribution in [0.25, 0.3) is 21.6 Å². The third-order valence-electron chi connectivity index (χ3n) is 3.30. The molecule has 0 bridgehead atoms. The van der Waals surface area contributed by atoms with E-state index in [2.05, 4.69) is 54.8 Å². The Bertz CT molecular complexity index is 678. The van der Waals surface area contributed by atoms with Crippen LogP contribution in [0.3, 0.4) is 0 Å². The normalized spacial score (nSPS) is 9.61. The van der Waals surface area contributed by atoms with Crippen LogP contribution in [0, 0.1) is 5.38 Å². The molecule has 3 aromatic rings. The van der Waals surface area contributed by atoms with Crippen LogP contribution in [0.15, 0.2) is 60.7 Å². The molecule has 1 heterocycles. The first-order valence-corrected chi connectivity index (χ1v) is 7.98. The molecule has 1 aromatic heterocycles. The molecule has 0 amide bonds. The Kier molecular flexibility index (Phi) is 8.75. The maximum absolute atomic E-state index is 5.61. The predicted octanol–water partition coefficient (Wildman–Crippen LogP) is 2.67. The van der Waals surface area contributed by atoms with Gasteiger partial charge in [0.2, 0.25) is 0 Å². The second kappa shape index (κ2) is 10.0. The van der Waals surface area contributed by atoms with Crippen LogP contribution in [0.5, 0.6) is 5.75 Å². The molecule has 3 rings (SSSR count). The Morgan fingerprint density at radius 1 is 0.870 bits per heavy atom. The molecule has 114 valence electrons. The average molecular weight is 439 g/mol. The smallest absolute Gasteiger partial charge is 1.00 e. The topological polar surface area (TPSA) is 9.23 Å². The molecule has 2 aromatic carbocycles. The Hall–Kier alpha value is -0.957. The van der Waals surface area contributed by atoms with E-state index >= 15 is 0 Å². The van der Waals surface area contributed by atoms with Gasteiger partial charge in [-0.1, -0.05) is 48.9 Å². The van der Waals surface area contributed by atoms with E-state index in [-0.39, 0.29) is 36.5 Å². The quantitative estimate of drug-likeness (QED) is 0.440. The molecule has 0 aliphatic heterocycles. The number of benzene rings is 2. The molecular weight excluding hydrogens is 422 g/mol. The molecule has 23 heavy (non-hydrogen) atoms. The van der Waals surface area contributed by atoms with Crippen LogP contribution in [0.1, 0.15) is 13.3 Å². The minimum absolute atomic E-state index is 0. The van der Waals surface area contributed by atoms with Gasteiger partial charge in [-0.05, 0) is 29.7 Å². The van der Waals surface area contributed by atoms with Crippen molar-refractivity contribution in [3.8, 4) is 27.3 Å². The number of ether oxygens (including phenoxy) is 1. The van der Waals surface area contributed by atoms with Crippen LogP contribution >= 0.6 is 11.3 Å². The SMILES string of the molecule is CCCOc1ccc(-c2ccc(-c3cc[c-]s3)cc2)cc1.[Br-].[Zn+2]. The zero-order valence-electron chi connectivity index (χ0n) is 13.1. The maximum Gasteiger partial charge on any atom is 2.00 e. The molecule has 0 N–H and O–H groups in total. The number of hydrogen-bond acceptors (Lipinski definition) is 2. The van der Waals surface area contributed by atoms with Crippen LogP contribution in [0.2, 0.25) is 0 Å². The van der Waals surface area contributed by atoms with Crippen molar-refractivity contribution in [1.82, 2.24) is 0 Å². The van der Waals surface area contributed by atoms with Crippen molar-refractivity contribution in [2.45, 2.75) is 13.3 Å². The average Bonchev–Trinajstić information content (AvgIpc) is 3.08. The van der Waals surface area contributed by atoms with E-state index in [0.29, 0.717) is 0 Å². The van der Waals surface area contributed by atoms with Crippen molar-refractivity contribution in [2.75, 3.05) is 6.61 Å². The summed E-state index contributed by atoms with van der Waals surface area (Å²) < 4.78 is 5.61. The molecule has 0 unspecified atom stereocenters. The summed E-state index contributed by atoms with van der Waals surface area (Å²) in [7, 11) is 0. The first-order valence-electron chi connectivity index (χ1n) is 7.16. The van der Waals surface area contributed by atoms with Gasteiger partial charge in [0, 0.05) is 0 Å². The Balaban J connectivity index is 0.00000132. The third-order valence-corrected chi connectivity index (χ3v) is 4.15. The van der Waals surface area contributed by atoms with Gasteiger partial charge in [0.05, 0.1) is 6.61 Å². The van der Waals surface area contributed by atoms with Crippen LogP contribution in [-0.2, 0) is 19.5 Å². The standard InChI is InChI=1S/C19H17OS.BrH.Zn/c1-2-13-20-18-11-9-16(10-12-18)15-5-7-17(8-6-15)19-4-3-14-21-19;;/h3-12H,2,13H2,1H3;1H;/q-1;;+2/p-1. The number of thiophene rings is 1. The fourth-order valence-corrected chi connectivity index (χ4v) is 2.84. The molecule has 4 heteroatoms. The predicted molar refractivity (Wildman–Crippen MR) is 89.8 cm³/mol. The Morgan fingerprint density at radius 3 is 1.96 bits per heavy atom. The molecular formula is C19H17BrOSZn. The zero-order chi connectivity index (χ0) is 14.5. The van der Waals surface area contributed by atoms with E-state index in [1.54, 1.807) is 11.3 Å². The minimum atomic E-state index is 0. The van der Waals surface area contributed by atoms with Gasteiger partial charge >= 0.3 is 19.5 Å². The molecule has 0 fully saturated rings. The van der Waals surface area contributed by atoms with Gasteiger partial charge < -0.3 is 21.7 Å². The van der Waals surface area contributed by atoms with Crippen molar-refractivity contribution in [1.29, 1.82) is 0 Å². The molecule has 0 saturated carbocycles. The molecule has 0 spiro atoms. The summed E-state index contributed by atoms with van der Waals surface area (Å²) in [6, 6.07) is 21.0. The number of hydrogen-bond donors (Lipinski definition) is 0. The van der Waals surface area contributed by atoms with Crippen molar-refractivity contribution < 1.29 is 41.2 Å². The fraction of sp³-hybridized carbons (Fsp3) is 0.158. The zero-order valence-corrected chi connectivity index (χ0v) is 18.5. The van der Waals surface area contributed by atoms with Gasteiger partial charge in [-0.15, -0.1) is 10.3 Å². The van der Waals surface area contributed by atoms with E-state index in [4.69, 9.17) is 4.74 Å². The molecule has 0 atom stereocenters. The van der Waals surface area contributed by atoms with Gasteiger partial charge in [0.1, 0.15) is 5.75 Å². The fourth-order valence-electron chi connectivity index (χ4n) is 2.19. The van der Waals surface area contributed by atoms with E-state index in [9.17, 15) is 0 Å². The Labute approximate surface area is 165 Å². The van der Waals surface area contributed by atoms with Crippen LogP contribution in [0.4, 0.5) is 0 Å². The summed E-state index contributed by atoms with van der Waals surface area (Å²) in [6.45, 7) is 2.88. The second-order valence-corrected chi connectivity index (χ2v) is 5.75. The summed E-state index contributed by atoms with van der Waals surface area (Å²) in [4.78, 5) is 1.25. The summed E-state index contributed by atoms with van der Waals surface area (Å²) in [5.41, 5.74) is 3.68. The number of rotatable bonds is 5. The first kappa shape index (κ1) is 20.1. The maximum atomic E-state index is 5.61. The van der Waals surface area contributed by atoms with Gasteiger partial charge in [0.25, 0.3) is 0 Å². The van der Waals surface area contributed by atoms with Crippen molar-refractivity contribution in [2.24, 2.45) is 0 Å². The van der Waals surface area contributed by atoms with Crippen LogP contribution < -0.4 is 21.7 Å². The van der Waals surface area contributed by atoms with Gasteiger partial charge in [0.15, 0.2) is 0 Å². The summed E-state index contributed by atoms with van der Waals surface area (Å²) >= 11 is 1.65. The van der Waals surface area contributed by atoms with Gasteiger partial charge in [-0.2, -0.15) is 12.1 Å². The first-order chi connectivity index (χ1) is 10.4. The molecule has 1 nitrogen and oxygen atoms in total. The second-order valence-electron chi connectivity index (χ2n) is 4.87. The van der Waals surface area contributed by atoms with Gasteiger partial charge in [-0.25, -0.2) is 0 Å².